The van der Waals surface area contributed by atoms with Crippen LogP contribution in [-0.4, -0.2) is 19.3 Å². The smallest absolute Gasteiger partial charge is 0.161 e. The Morgan fingerprint density at radius 2 is 1.94 bits per heavy atom. The summed E-state index contributed by atoms with van der Waals surface area (Å²) in [6, 6.07) is 6.57. The van der Waals surface area contributed by atoms with Gasteiger partial charge in [-0.1, -0.05) is 12.1 Å². The molecule has 1 aliphatic carbocycles. The van der Waals surface area contributed by atoms with E-state index in [1.54, 1.807) is 0 Å². The molecule has 1 atom stereocenters. The molecule has 3 rings (SSSR count). The highest BCUT2D eigenvalue weighted by atomic mass is 16.5. The minimum atomic E-state index is 0.328. The second kappa shape index (κ2) is 5.02. The van der Waals surface area contributed by atoms with E-state index in [9.17, 15) is 0 Å². The molecular weight excluding hydrogens is 226 g/mol. The molecule has 0 fully saturated rings. The SMILES string of the molecule is NC1CC=C(c2ccc3c(c2)OCCCO3)CC1. The maximum atomic E-state index is 5.92. The Morgan fingerprint density at radius 3 is 2.72 bits per heavy atom. The highest BCUT2D eigenvalue weighted by Gasteiger charge is 2.15. The van der Waals surface area contributed by atoms with Gasteiger partial charge in [0.2, 0.25) is 0 Å². The van der Waals surface area contributed by atoms with Gasteiger partial charge in [0, 0.05) is 12.5 Å². The molecular formula is C15H19NO2. The van der Waals surface area contributed by atoms with E-state index in [-0.39, 0.29) is 0 Å². The molecule has 0 amide bonds. The fourth-order valence-corrected chi connectivity index (χ4v) is 2.48. The van der Waals surface area contributed by atoms with Crippen LogP contribution in [0.5, 0.6) is 11.5 Å². The normalized spacial score (nSPS) is 23.2. The molecule has 96 valence electrons. The number of hydrogen-bond donors (Lipinski definition) is 1. The quantitative estimate of drug-likeness (QED) is 0.827. The van der Waals surface area contributed by atoms with Gasteiger partial charge in [0.15, 0.2) is 11.5 Å². The maximum absolute atomic E-state index is 5.92. The van der Waals surface area contributed by atoms with Crippen LogP contribution in [0.3, 0.4) is 0 Å². The summed E-state index contributed by atoms with van der Waals surface area (Å²) in [5.74, 6) is 1.74. The van der Waals surface area contributed by atoms with Crippen molar-refractivity contribution in [2.75, 3.05) is 13.2 Å². The Balaban J connectivity index is 1.87. The molecule has 3 heteroatoms. The molecule has 0 saturated carbocycles. The first-order chi connectivity index (χ1) is 8.83. The van der Waals surface area contributed by atoms with E-state index in [0.717, 1.165) is 50.4 Å². The molecule has 1 aliphatic heterocycles. The Bertz CT molecular complexity index is 468. The van der Waals surface area contributed by atoms with Gasteiger partial charge in [-0.3, -0.25) is 0 Å². The second-order valence-electron chi connectivity index (χ2n) is 4.98. The number of nitrogens with two attached hydrogens (primary N) is 1. The number of benzene rings is 1. The van der Waals surface area contributed by atoms with Crippen LogP contribution >= 0.6 is 0 Å². The summed E-state index contributed by atoms with van der Waals surface area (Å²) in [4.78, 5) is 0. The van der Waals surface area contributed by atoms with Crippen molar-refractivity contribution in [2.24, 2.45) is 5.73 Å². The first kappa shape index (κ1) is 11.6. The van der Waals surface area contributed by atoms with Crippen molar-refractivity contribution in [3.8, 4) is 11.5 Å². The van der Waals surface area contributed by atoms with Crippen molar-refractivity contribution >= 4 is 5.57 Å². The molecule has 1 heterocycles. The van der Waals surface area contributed by atoms with Crippen molar-refractivity contribution in [2.45, 2.75) is 31.7 Å². The van der Waals surface area contributed by atoms with Crippen LogP contribution < -0.4 is 15.2 Å². The molecule has 0 radical (unpaired) electrons. The minimum Gasteiger partial charge on any atom is -0.490 e. The standard InChI is InChI=1S/C15H19NO2/c16-13-5-2-11(3-6-13)12-4-7-14-15(10-12)18-9-1-8-17-14/h2,4,7,10,13H,1,3,5-6,8-9,16H2. The summed E-state index contributed by atoms with van der Waals surface area (Å²) in [6.07, 6.45) is 6.31. The molecule has 0 spiro atoms. The topological polar surface area (TPSA) is 44.5 Å². The van der Waals surface area contributed by atoms with Crippen LogP contribution in [0.25, 0.3) is 5.57 Å². The molecule has 2 N–H and O–H groups in total. The zero-order valence-corrected chi connectivity index (χ0v) is 10.5. The predicted octanol–water partition coefficient (Wildman–Crippen LogP) is 2.74. The van der Waals surface area contributed by atoms with E-state index in [1.165, 1.54) is 11.1 Å². The van der Waals surface area contributed by atoms with Crippen LogP contribution in [0.2, 0.25) is 0 Å². The van der Waals surface area contributed by atoms with Crippen LogP contribution in [0.4, 0.5) is 0 Å². The van der Waals surface area contributed by atoms with Gasteiger partial charge >= 0.3 is 0 Å². The van der Waals surface area contributed by atoms with Gasteiger partial charge in [-0.25, -0.2) is 0 Å². The van der Waals surface area contributed by atoms with Gasteiger partial charge in [-0.05, 0) is 42.5 Å². The lowest BCUT2D eigenvalue weighted by Gasteiger charge is -2.19. The van der Waals surface area contributed by atoms with E-state index >= 15 is 0 Å². The summed E-state index contributed by atoms with van der Waals surface area (Å²) >= 11 is 0. The highest BCUT2D eigenvalue weighted by molar-refractivity contribution is 5.69. The number of allylic oxidation sites excluding steroid dienone is 1. The fourth-order valence-electron chi connectivity index (χ4n) is 2.48. The van der Waals surface area contributed by atoms with Gasteiger partial charge in [0.25, 0.3) is 0 Å². The van der Waals surface area contributed by atoms with Crippen molar-refractivity contribution in [1.82, 2.24) is 0 Å². The number of rotatable bonds is 1. The van der Waals surface area contributed by atoms with Gasteiger partial charge in [-0.15, -0.1) is 0 Å². The number of hydrogen-bond acceptors (Lipinski definition) is 3. The summed E-state index contributed by atoms with van der Waals surface area (Å²) in [5, 5.41) is 0. The molecule has 1 aromatic carbocycles. The molecule has 1 aromatic rings. The third-order valence-corrected chi connectivity index (χ3v) is 3.57. The molecule has 1 unspecified atom stereocenters. The second-order valence-corrected chi connectivity index (χ2v) is 4.98. The first-order valence-corrected chi connectivity index (χ1v) is 6.67. The van der Waals surface area contributed by atoms with E-state index in [1.807, 2.05) is 6.07 Å². The number of fused-ring (bicyclic) bond motifs is 1. The largest absolute Gasteiger partial charge is 0.490 e. The van der Waals surface area contributed by atoms with Crippen molar-refractivity contribution < 1.29 is 9.47 Å². The lowest BCUT2D eigenvalue weighted by Crippen LogP contribution is -2.21. The van der Waals surface area contributed by atoms with E-state index in [4.69, 9.17) is 15.2 Å². The minimum absolute atomic E-state index is 0.328. The van der Waals surface area contributed by atoms with Crippen LogP contribution in [0.15, 0.2) is 24.3 Å². The molecule has 3 nitrogen and oxygen atoms in total. The third kappa shape index (κ3) is 2.36. The highest BCUT2D eigenvalue weighted by Crippen LogP contribution is 2.35. The third-order valence-electron chi connectivity index (χ3n) is 3.57. The van der Waals surface area contributed by atoms with Gasteiger partial charge in [-0.2, -0.15) is 0 Å². The zero-order chi connectivity index (χ0) is 12.4. The van der Waals surface area contributed by atoms with Gasteiger partial charge < -0.3 is 15.2 Å². The number of ether oxygens (including phenoxy) is 2. The predicted molar refractivity (Wildman–Crippen MR) is 71.9 cm³/mol. The lowest BCUT2D eigenvalue weighted by molar-refractivity contribution is 0.297. The average molecular weight is 245 g/mol. The van der Waals surface area contributed by atoms with E-state index in [0.29, 0.717) is 6.04 Å². The summed E-state index contributed by atoms with van der Waals surface area (Å²) in [6.45, 7) is 1.48. The Labute approximate surface area is 108 Å². The Kier molecular flexibility index (Phi) is 3.24. The summed E-state index contributed by atoms with van der Waals surface area (Å²) in [7, 11) is 0. The molecule has 0 aromatic heterocycles. The average Bonchev–Trinajstić information content (AvgIpc) is 2.64. The molecule has 0 saturated heterocycles. The summed E-state index contributed by atoms with van der Waals surface area (Å²) in [5.41, 5.74) is 8.54. The monoisotopic (exact) mass is 245 g/mol. The van der Waals surface area contributed by atoms with Crippen molar-refractivity contribution in [3.05, 3.63) is 29.8 Å². The molecule has 0 bridgehead atoms. The Hall–Kier alpha value is -1.48. The van der Waals surface area contributed by atoms with Gasteiger partial charge in [0.1, 0.15) is 0 Å². The molecule has 18 heavy (non-hydrogen) atoms. The van der Waals surface area contributed by atoms with Crippen molar-refractivity contribution in [1.29, 1.82) is 0 Å². The first-order valence-electron chi connectivity index (χ1n) is 6.67. The maximum Gasteiger partial charge on any atom is 0.161 e. The van der Waals surface area contributed by atoms with Crippen LogP contribution in [0, 0.1) is 0 Å². The zero-order valence-electron chi connectivity index (χ0n) is 10.5. The molecule has 2 aliphatic rings. The van der Waals surface area contributed by atoms with Crippen molar-refractivity contribution in [3.63, 3.8) is 0 Å². The van der Waals surface area contributed by atoms with Crippen LogP contribution in [-0.2, 0) is 0 Å². The van der Waals surface area contributed by atoms with E-state index < -0.39 is 0 Å². The van der Waals surface area contributed by atoms with Crippen LogP contribution in [0.1, 0.15) is 31.2 Å². The lowest BCUT2D eigenvalue weighted by atomic mass is 9.91. The van der Waals surface area contributed by atoms with Gasteiger partial charge in [0.05, 0.1) is 13.2 Å². The van der Waals surface area contributed by atoms with E-state index in [2.05, 4.69) is 18.2 Å². The fraction of sp³-hybridized carbons (Fsp3) is 0.467. The summed E-state index contributed by atoms with van der Waals surface area (Å²) < 4.78 is 11.4. The Morgan fingerprint density at radius 1 is 1.11 bits per heavy atom.